The molecule has 0 aliphatic carbocycles. The van der Waals surface area contributed by atoms with Crippen molar-refractivity contribution in [3.63, 3.8) is 0 Å². The third-order valence-electron chi connectivity index (χ3n) is 2.79. The Labute approximate surface area is 112 Å². The van der Waals surface area contributed by atoms with Gasteiger partial charge in [0, 0.05) is 6.54 Å². The average Bonchev–Trinajstić information content (AvgIpc) is 2.40. The van der Waals surface area contributed by atoms with Crippen molar-refractivity contribution in [3.8, 4) is 0 Å². The first-order valence-electron chi connectivity index (χ1n) is 5.95. The molecule has 2 rings (SSSR count). The summed E-state index contributed by atoms with van der Waals surface area (Å²) in [5.41, 5.74) is 1.57. The van der Waals surface area contributed by atoms with Gasteiger partial charge in [-0.1, -0.05) is 60.7 Å². The summed E-state index contributed by atoms with van der Waals surface area (Å²) in [7, 11) is -4.25. The number of hydrogen-bond acceptors (Lipinski definition) is 2. The molecule has 2 aromatic carbocycles. The van der Waals surface area contributed by atoms with Crippen molar-refractivity contribution < 1.29 is 14.4 Å². The van der Waals surface area contributed by atoms with E-state index in [9.17, 15) is 14.4 Å². The SMILES string of the molecule is O=P(O)(O)[C@@H](NCc1ccccc1)c1ccccc1. The topological polar surface area (TPSA) is 69.6 Å². The molecule has 0 saturated carbocycles. The van der Waals surface area contributed by atoms with Gasteiger partial charge >= 0.3 is 7.60 Å². The Morgan fingerprint density at radius 3 is 2.00 bits per heavy atom. The fraction of sp³-hybridized carbons (Fsp3) is 0.143. The normalized spacial score (nSPS) is 13.2. The van der Waals surface area contributed by atoms with Gasteiger partial charge in [-0.15, -0.1) is 0 Å². The van der Waals surface area contributed by atoms with Gasteiger partial charge in [0.05, 0.1) is 0 Å². The van der Waals surface area contributed by atoms with Crippen LogP contribution < -0.4 is 5.32 Å². The van der Waals surface area contributed by atoms with Gasteiger partial charge in [-0.25, -0.2) is 0 Å². The van der Waals surface area contributed by atoms with Gasteiger partial charge in [-0.05, 0) is 11.1 Å². The molecular formula is C14H16NO3P. The van der Waals surface area contributed by atoms with Gasteiger partial charge in [0.15, 0.2) is 0 Å². The standard InChI is InChI=1S/C14H16NO3P/c16-19(17,18)14(13-9-5-2-6-10-13)15-11-12-7-3-1-4-8-12/h1-10,14-15H,11H2,(H2,16,17,18)/t14-/m1/s1. The summed E-state index contributed by atoms with van der Waals surface area (Å²) < 4.78 is 11.6. The van der Waals surface area contributed by atoms with Crippen LogP contribution in [0.2, 0.25) is 0 Å². The zero-order valence-electron chi connectivity index (χ0n) is 10.3. The second-order valence-corrected chi connectivity index (χ2v) is 5.96. The zero-order valence-corrected chi connectivity index (χ0v) is 11.2. The van der Waals surface area contributed by atoms with Crippen LogP contribution in [0.15, 0.2) is 60.7 Å². The van der Waals surface area contributed by atoms with E-state index in [1.165, 1.54) is 0 Å². The molecular weight excluding hydrogens is 261 g/mol. The molecule has 0 saturated heterocycles. The lowest BCUT2D eigenvalue weighted by molar-refractivity contribution is 0.347. The minimum Gasteiger partial charge on any atom is -0.323 e. The van der Waals surface area contributed by atoms with E-state index in [0.29, 0.717) is 12.1 Å². The Morgan fingerprint density at radius 2 is 1.47 bits per heavy atom. The van der Waals surface area contributed by atoms with E-state index in [1.54, 1.807) is 24.3 Å². The minimum absolute atomic E-state index is 0.408. The largest absolute Gasteiger partial charge is 0.346 e. The number of nitrogens with one attached hydrogen (secondary N) is 1. The predicted octanol–water partition coefficient (Wildman–Crippen LogP) is 2.65. The molecule has 0 radical (unpaired) electrons. The number of benzene rings is 2. The molecule has 4 nitrogen and oxygen atoms in total. The quantitative estimate of drug-likeness (QED) is 0.735. The van der Waals surface area contributed by atoms with E-state index < -0.39 is 13.4 Å². The Kier molecular flexibility index (Phi) is 4.51. The van der Waals surface area contributed by atoms with Gasteiger partial charge in [0.2, 0.25) is 0 Å². The summed E-state index contributed by atoms with van der Waals surface area (Å²) in [4.78, 5) is 18.9. The van der Waals surface area contributed by atoms with Crippen LogP contribution >= 0.6 is 7.60 Å². The molecule has 0 unspecified atom stereocenters. The first kappa shape index (κ1) is 14.0. The molecule has 2 aromatic rings. The van der Waals surface area contributed by atoms with Gasteiger partial charge in [0.25, 0.3) is 0 Å². The third-order valence-corrected chi connectivity index (χ3v) is 3.95. The van der Waals surface area contributed by atoms with E-state index in [0.717, 1.165) is 5.56 Å². The average molecular weight is 277 g/mol. The molecule has 19 heavy (non-hydrogen) atoms. The highest BCUT2D eigenvalue weighted by molar-refractivity contribution is 7.52. The van der Waals surface area contributed by atoms with E-state index >= 15 is 0 Å². The first-order valence-corrected chi connectivity index (χ1v) is 7.63. The van der Waals surface area contributed by atoms with Crippen LogP contribution in [0.1, 0.15) is 16.9 Å². The minimum atomic E-state index is -4.25. The van der Waals surface area contributed by atoms with Crippen molar-refractivity contribution in [2.75, 3.05) is 0 Å². The van der Waals surface area contributed by atoms with E-state index in [-0.39, 0.29) is 0 Å². The second-order valence-electron chi connectivity index (χ2n) is 4.27. The highest BCUT2D eigenvalue weighted by Crippen LogP contribution is 2.49. The van der Waals surface area contributed by atoms with E-state index in [4.69, 9.17) is 0 Å². The van der Waals surface area contributed by atoms with Gasteiger partial charge in [-0.2, -0.15) is 0 Å². The molecule has 0 fully saturated rings. The van der Waals surface area contributed by atoms with Crippen molar-refractivity contribution in [1.29, 1.82) is 0 Å². The van der Waals surface area contributed by atoms with Crippen molar-refractivity contribution in [2.45, 2.75) is 12.3 Å². The lowest BCUT2D eigenvalue weighted by atomic mass is 10.2. The van der Waals surface area contributed by atoms with Crippen molar-refractivity contribution >= 4 is 7.60 Å². The zero-order chi connectivity index (χ0) is 13.7. The molecule has 3 N–H and O–H groups in total. The molecule has 0 bridgehead atoms. The maximum atomic E-state index is 11.6. The number of rotatable bonds is 5. The molecule has 0 aliphatic rings. The predicted molar refractivity (Wildman–Crippen MR) is 74.5 cm³/mol. The fourth-order valence-corrected chi connectivity index (χ4v) is 2.77. The number of hydrogen-bond donors (Lipinski definition) is 3. The Morgan fingerprint density at radius 1 is 0.947 bits per heavy atom. The van der Waals surface area contributed by atoms with E-state index in [2.05, 4.69) is 5.32 Å². The summed E-state index contributed by atoms with van der Waals surface area (Å²) >= 11 is 0. The molecule has 5 heteroatoms. The third kappa shape index (κ3) is 4.01. The highest BCUT2D eigenvalue weighted by atomic mass is 31.2. The first-order chi connectivity index (χ1) is 9.07. The Balaban J connectivity index is 2.14. The molecule has 100 valence electrons. The fourth-order valence-electron chi connectivity index (χ4n) is 1.88. The van der Waals surface area contributed by atoms with Crippen molar-refractivity contribution in [3.05, 3.63) is 71.8 Å². The second kappa shape index (κ2) is 6.13. The van der Waals surface area contributed by atoms with Crippen LogP contribution in [0.25, 0.3) is 0 Å². The summed E-state index contributed by atoms with van der Waals surface area (Å²) in [5.74, 6) is -0.978. The summed E-state index contributed by atoms with van der Waals surface area (Å²) in [6.07, 6.45) is 0. The van der Waals surface area contributed by atoms with Crippen molar-refractivity contribution in [2.24, 2.45) is 0 Å². The molecule has 0 heterocycles. The maximum absolute atomic E-state index is 11.6. The molecule has 0 amide bonds. The molecule has 0 aliphatic heterocycles. The van der Waals surface area contributed by atoms with Crippen molar-refractivity contribution in [1.82, 2.24) is 5.32 Å². The van der Waals surface area contributed by atoms with E-state index in [1.807, 2.05) is 36.4 Å². The molecule has 1 atom stereocenters. The molecule has 0 aromatic heterocycles. The summed E-state index contributed by atoms with van der Waals surface area (Å²) in [5, 5.41) is 2.93. The monoisotopic (exact) mass is 277 g/mol. The van der Waals surface area contributed by atoms with Crippen LogP contribution in [-0.4, -0.2) is 9.79 Å². The van der Waals surface area contributed by atoms with Gasteiger partial charge < -0.3 is 9.79 Å². The smallest absolute Gasteiger partial charge is 0.323 e. The summed E-state index contributed by atoms with van der Waals surface area (Å²) in [6.45, 7) is 0.408. The van der Waals surface area contributed by atoms with Crippen LogP contribution in [0.4, 0.5) is 0 Å². The van der Waals surface area contributed by atoms with Crippen LogP contribution in [0, 0.1) is 0 Å². The Hall–Kier alpha value is -1.45. The summed E-state index contributed by atoms with van der Waals surface area (Å²) in [6, 6.07) is 18.3. The lowest BCUT2D eigenvalue weighted by Gasteiger charge is -2.20. The van der Waals surface area contributed by atoms with Gasteiger partial charge in [-0.3, -0.25) is 9.88 Å². The van der Waals surface area contributed by atoms with Crippen LogP contribution in [0.5, 0.6) is 0 Å². The van der Waals surface area contributed by atoms with Crippen LogP contribution in [-0.2, 0) is 11.1 Å². The molecule has 0 spiro atoms. The highest BCUT2D eigenvalue weighted by Gasteiger charge is 2.29. The van der Waals surface area contributed by atoms with Gasteiger partial charge in [0.1, 0.15) is 5.78 Å². The lowest BCUT2D eigenvalue weighted by Crippen LogP contribution is -2.21. The maximum Gasteiger partial charge on any atom is 0.346 e. The Bertz CT molecular complexity index is 553. The van der Waals surface area contributed by atoms with Crippen LogP contribution in [0.3, 0.4) is 0 Å².